The van der Waals surface area contributed by atoms with E-state index in [4.69, 9.17) is 0 Å². The first-order valence-corrected chi connectivity index (χ1v) is 5.72. The Morgan fingerprint density at radius 1 is 1.50 bits per heavy atom. The summed E-state index contributed by atoms with van der Waals surface area (Å²) in [4.78, 5) is 11.2. The van der Waals surface area contributed by atoms with E-state index in [-0.39, 0.29) is 5.91 Å². The minimum Gasteiger partial charge on any atom is -0.356 e. The molecule has 1 amide bonds. The summed E-state index contributed by atoms with van der Waals surface area (Å²) in [6.45, 7) is 1.98. The number of amides is 1. The first-order valence-electron chi connectivity index (χ1n) is 5.72. The van der Waals surface area contributed by atoms with Gasteiger partial charge in [0, 0.05) is 13.0 Å². The fraction of sp³-hybridized carbons (Fsp3) is 0.909. The lowest BCUT2D eigenvalue weighted by molar-refractivity contribution is -0.119. The number of rotatable bonds is 4. The number of hydrogen-bond donors (Lipinski definition) is 2. The number of hydrogen-bond acceptors (Lipinski definition) is 2. The van der Waals surface area contributed by atoms with Gasteiger partial charge in [0.1, 0.15) is 0 Å². The van der Waals surface area contributed by atoms with Crippen molar-refractivity contribution >= 4 is 5.91 Å². The highest BCUT2D eigenvalue weighted by Gasteiger charge is 2.36. The second-order valence-electron chi connectivity index (χ2n) is 4.68. The lowest BCUT2D eigenvalue weighted by atomic mass is 9.70. The molecule has 1 aliphatic heterocycles. The molecule has 0 aromatic rings. The second-order valence-corrected chi connectivity index (χ2v) is 4.68. The molecule has 3 nitrogen and oxygen atoms in total. The summed E-state index contributed by atoms with van der Waals surface area (Å²) in [5.74, 6) is 2.42. The molecule has 1 saturated carbocycles. The molecule has 0 radical (unpaired) electrons. The van der Waals surface area contributed by atoms with Gasteiger partial charge in [0.05, 0.1) is 0 Å². The van der Waals surface area contributed by atoms with Gasteiger partial charge in [-0.3, -0.25) is 4.79 Å². The van der Waals surface area contributed by atoms with Gasteiger partial charge in [0.15, 0.2) is 0 Å². The fourth-order valence-corrected chi connectivity index (χ4v) is 2.75. The quantitative estimate of drug-likeness (QED) is 0.697. The predicted octanol–water partition coefficient (Wildman–Crippen LogP) is 0.758. The Hall–Kier alpha value is -0.570. The van der Waals surface area contributed by atoms with Crippen molar-refractivity contribution in [3.63, 3.8) is 0 Å². The first kappa shape index (κ1) is 9.97. The highest BCUT2D eigenvalue weighted by atomic mass is 16.1. The molecule has 0 bridgehead atoms. The van der Waals surface area contributed by atoms with Gasteiger partial charge in [0.25, 0.3) is 0 Å². The van der Waals surface area contributed by atoms with Gasteiger partial charge < -0.3 is 10.6 Å². The van der Waals surface area contributed by atoms with E-state index < -0.39 is 0 Å². The number of carbonyl (C=O) groups is 1. The van der Waals surface area contributed by atoms with Gasteiger partial charge in [0.2, 0.25) is 5.91 Å². The van der Waals surface area contributed by atoms with Crippen LogP contribution in [0.5, 0.6) is 0 Å². The third-order valence-electron chi connectivity index (χ3n) is 3.81. The van der Waals surface area contributed by atoms with Crippen LogP contribution in [-0.2, 0) is 4.79 Å². The highest BCUT2D eigenvalue weighted by Crippen LogP contribution is 2.38. The van der Waals surface area contributed by atoms with Crippen LogP contribution in [0.25, 0.3) is 0 Å². The van der Waals surface area contributed by atoms with Crippen LogP contribution in [0.1, 0.15) is 25.7 Å². The maximum atomic E-state index is 11.2. The molecule has 80 valence electrons. The van der Waals surface area contributed by atoms with E-state index in [1.165, 1.54) is 19.3 Å². The molecule has 1 aliphatic carbocycles. The van der Waals surface area contributed by atoms with Crippen LogP contribution in [0.2, 0.25) is 0 Å². The summed E-state index contributed by atoms with van der Waals surface area (Å²) in [5, 5.41) is 6.21. The topological polar surface area (TPSA) is 41.1 Å². The molecule has 1 heterocycles. The van der Waals surface area contributed by atoms with Crippen molar-refractivity contribution < 1.29 is 4.79 Å². The average Bonchev–Trinajstić information content (AvgIpc) is 2.48. The van der Waals surface area contributed by atoms with Crippen molar-refractivity contribution in [3.05, 3.63) is 0 Å². The number of nitrogens with one attached hydrogen (secondary N) is 2. The summed E-state index contributed by atoms with van der Waals surface area (Å²) < 4.78 is 0. The Morgan fingerprint density at radius 2 is 2.29 bits per heavy atom. The van der Waals surface area contributed by atoms with Crippen molar-refractivity contribution in [1.29, 1.82) is 0 Å². The largest absolute Gasteiger partial charge is 0.356 e. The third kappa shape index (κ3) is 1.92. The van der Waals surface area contributed by atoms with Crippen LogP contribution < -0.4 is 10.6 Å². The van der Waals surface area contributed by atoms with E-state index in [0.29, 0.717) is 11.8 Å². The average molecular weight is 196 g/mol. The van der Waals surface area contributed by atoms with Gasteiger partial charge in [-0.2, -0.15) is 0 Å². The Morgan fingerprint density at radius 3 is 2.71 bits per heavy atom. The molecule has 2 unspecified atom stereocenters. The summed E-state index contributed by atoms with van der Waals surface area (Å²) in [6.07, 6.45) is 4.88. The molecular formula is C11H20N2O. The van der Waals surface area contributed by atoms with Crippen LogP contribution in [-0.4, -0.2) is 26.0 Å². The maximum Gasteiger partial charge on any atom is 0.220 e. The Labute approximate surface area is 85.6 Å². The molecule has 14 heavy (non-hydrogen) atoms. The SMILES string of the molecule is CNCC(C1CCC1)C1CNC(=O)C1. The van der Waals surface area contributed by atoms with Crippen LogP contribution in [0.3, 0.4) is 0 Å². The highest BCUT2D eigenvalue weighted by molar-refractivity contribution is 5.78. The smallest absolute Gasteiger partial charge is 0.220 e. The van der Waals surface area contributed by atoms with Crippen LogP contribution in [0.15, 0.2) is 0 Å². The summed E-state index contributed by atoms with van der Waals surface area (Å²) in [7, 11) is 2.01. The van der Waals surface area contributed by atoms with E-state index in [1.807, 2.05) is 7.05 Å². The minimum absolute atomic E-state index is 0.246. The van der Waals surface area contributed by atoms with Crippen molar-refractivity contribution in [2.45, 2.75) is 25.7 Å². The number of carbonyl (C=O) groups excluding carboxylic acids is 1. The van der Waals surface area contributed by atoms with Gasteiger partial charge in [-0.25, -0.2) is 0 Å². The molecule has 0 aromatic carbocycles. The Balaban J connectivity index is 1.91. The molecule has 2 N–H and O–H groups in total. The van der Waals surface area contributed by atoms with Crippen molar-refractivity contribution in [2.75, 3.05) is 20.1 Å². The maximum absolute atomic E-state index is 11.2. The Kier molecular flexibility index (Phi) is 3.06. The predicted molar refractivity (Wildman–Crippen MR) is 55.9 cm³/mol. The van der Waals surface area contributed by atoms with E-state index in [2.05, 4.69) is 10.6 Å². The summed E-state index contributed by atoms with van der Waals surface area (Å²) in [5.41, 5.74) is 0. The zero-order valence-corrected chi connectivity index (χ0v) is 8.88. The van der Waals surface area contributed by atoms with E-state index in [1.54, 1.807) is 0 Å². The summed E-state index contributed by atoms with van der Waals surface area (Å²) in [6, 6.07) is 0. The van der Waals surface area contributed by atoms with Crippen LogP contribution in [0.4, 0.5) is 0 Å². The van der Waals surface area contributed by atoms with Crippen LogP contribution >= 0.6 is 0 Å². The van der Waals surface area contributed by atoms with Gasteiger partial charge in [-0.05, 0) is 31.3 Å². The fourth-order valence-electron chi connectivity index (χ4n) is 2.75. The lowest BCUT2D eigenvalue weighted by Crippen LogP contribution is -2.36. The van der Waals surface area contributed by atoms with Crippen molar-refractivity contribution in [3.8, 4) is 0 Å². The van der Waals surface area contributed by atoms with E-state index in [9.17, 15) is 4.79 Å². The summed E-state index contributed by atoms with van der Waals surface area (Å²) >= 11 is 0. The standard InChI is InChI=1S/C11H20N2O/c1-12-7-10(8-3-2-4-8)9-5-11(14)13-6-9/h8-10,12H,2-7H2,1H3,(H,13,14). The normalized spacial score (nSPS) is 29.8. The zero-order valence-electron chi connectivity index (χ0n) is 8.88. The lowest BCUT2D eigenvalue weighted by Gasteiger charge is -2.36. The molecule has 2 fully saturated rings. The van der Waals surface area contributed by atoms with Crippen molar-refractivity contribution in [1.82, 2.24) is 10.6 Å². The molecular weight excluding hydrogens is 176 g/mol. The van der Waals surface area contributed by atoms with Gasteiger partial charge in [-0.15, -0.1) is 0 Å². The molecule has 2 aliphatic rings. The monoisotopic (exact) mass is 196 g/mol. The van der Waals surface area contributed by atoms with Gasteiger partial charge >= 0.3 is 0 Å². The first-order chi connectivity index (χ1) is 6.81. The van der Waals surface area contributed by atoms with Gasteiger partial charge in [-0.1, -0.05) is 19.3 Å². The van der Waals surface area contributed by atoms with Crippen LogP contribution in [0, 0.1) is 17.8 Å². The Bertz CT molecular complexity index is 213. The van der Waals surface area contributed by atoms with E-state index >= 15 is 0 Å². The molecule has 0 aromatic heterocycles. The molecule has 2 atom stereocenters. The molecule has 1 saturated heterocycles. The molecule has 0 spiro atoms. The molecule has 3 heteroatoms. The molecule has 2 rings (SSSR count). The zero-order chi connectivity index (χ0) is 9.97. The minimum atomic E-state index is 0.246. The second kappa shape index (κ2) is 4.30. The van der Waals surface area contributed by atoms with Crippen molar-refractivity contribution in [2.24, 2.45) is 17.8 Å². The van der Waals surface area contributed by atoms with E-state index in [0.717, 1.165) is 25.4 Å². The third-order valence-corrected chi connectivity index (χ3v) is 3.81.